The molecule has 0 spiro atoms. The zero-order valence-electron chi connectivity index (χ0n) is 19.0. The summed E-state index contributed by atoms with van der Waals surface area (Å²) < 4.78 is 112. The number of amides is 1. The van der Waals surface area contributed by atoms with Gasteiger partial charge in [0.05, 0.1) is 4.90 Å². The smallest absolute Gasteiger partial charge is 0.415 e. The van der Waals surface area contributed by atoms with E-state index in [1.165, 1.54) is 18.2 Å². The highest BCUT2D eigenvalue weighted by Crippen LogP contribution is 2.51. The van der Waals surface area contributed by atoms with E-state index in [4.69, 9.17) is 4.74 Å². The number of alkyl halides is 4. The Morgan fingerprint density at radius 3 is 2.38 bits per heavy atom. The van der Waals surface area contributed by atoms with Gasteiger partial charge in [-0.25, -0.2) is 22.2 Å². The maximum Gasteiger partial charge on any atom is 0.435 e. The van der Waals surface area contributed by atoms with Gasteiger partial charge in [0.2, 0.25) is 5.82 Å². The molecule has 37 heavy (non-hydrogen) atoms. The highest BCUT2D eigenvalue weighted by Gasteiger charge is 2.48. The fourth-order valence-electron chi connectivity index (χ4n) is 3.41. The number of hydrogen-bond donors (Lipinski definition) is 1. The van der Waals surface area contributed by atoms with Gasteiger partial charge in [0.1, 0.15) is 11.2 Å². The van der Waals surface area contributed by atoms with Crippen LogP contribution in [0.25, 0.3) is 0 Å². The van der Waals surface area contributed by atoms with Crippen molar-refractivity contribution >= 4 is 21.4 Å². The second-order valence-electron chi connectivity index (χ2n) is 8.28. The number of carbonyl (C=O) groups is 1. The molecule has 4 rings (SSSR count). The maximum atomic E-state index is 14.6. The lowest BCUT2D eigenvalue weighted by molar-refractivity contribution is -0.142. The molecule has 1 aliphatic rings. The number of pyridine rings is 1. The van der Waals surface area contributed by atoms with Crippen LogP contribution in [0.3, 0.4) is 0 Å². The van der Waals surface area contributed by atoms with Gasteiger partial charge in [-0.2, -0.15) is 17.6 Å². The number of halogens is 6. The van der Waals surface area contributed by atoms with Crippen LogP contribution in [0, 0.1) is 18.6 Å². The lowest BCUT2D eigenvalue weighted by Crippen LogP contribution is -2.21. The van der Waals surface area contributed by atoms with Gasteiger partial charge in [-0.15, -0.1) is 10.2 Å². The predicted molar refractivity (Wildman–Crippen MR) is 116 cm³/mol. The minimum Gasteiger partial charge on any atom is -0.415 e. The Labute approximate surface area is 205 Å². The maximum absolute atomic E-state index is 14.6. The first-order chi connectivity index (χ1) is 17.1. The Morgan fingerprint density at radius 1 is 1.11 bits per heavy atom. The summed E-state index contributed by atoms with van der Waals surface area (Å²) in [6.45, 7) is 0.875. The molecule has 1 saturated carbocycles. The number of benzene rings is 1. The molecule has 0 aliphatic heterocycles. The van der Waals surface area contributed by atoms with Crippen molar-refractivity contribution in [3.8, 4) is 11.8 Å². The van der Waals surface area contributed by atoms with Crippen LogP contribution in [0.2, 0.25) is 0 Å². The van der Waals surface area contributed by atoms with Crippen molar-refractivity contribution in [3.63, 3.8) is 0 Å². The van der Waals surface area contributed by atoms with E-state index < -0.39 is 73.4 Å². The van der Waals surface area contributed by atoms with Gasteiger partial charge in [0, 0.05) is 23.7 Å². The van der Waals surface area contributed by atoms with Crippen LogP contribution in [0.15, 0.2) is 35.4 Å². The van der Waals surface area contributed by atoms with E-state index in [2.05, 4.69) is 20.5 Å². The first-order valence-corrected chi connectivity index (χ1v) is 12.3. The van der Waals surface area contributed by atoms with Crippen molar-refractivity contribution in [2.75, 3.05) is 11.6 Å². The number of ether oxygens (including phenoxy) is 1. The standard InChI is InChI=1S/C22H16F6N4O4S/c1-10-14(18(33)30-11-4-3-5-12(8-11)37(2,34)35)19(32-31-17(10)22(26,27)28)36-20-16(24)15(23)13(9-29-20)21(25)6-7-21/h3-5,8-9H,6-7H2,1-2H3,(H,30,33). The average Bonchev–Trinajstić information content (AvgIpc) is 3.53. The normalized spacial score (nSPS) is 14.8. The lowest BCUT2D eigenvalue weighted by atomic mass is 10.1. The minimum atomic E-state index is -5.04. The number of carbonyl (C=O) groups excluding carboxylic acids is 1. The minimum absolute atomic E-state index is 0.0420. The first-order valence-electron chi connectivity index (χ1n) is 10.4. The molecule has 8 nitrogen and oxygen atoms in total. The molecule has 0 bridgehead atoms. The fourth-order valence-corrected chi connectivity index (χ4v) is 4.08. The van der Waals surface area contributed by atoms with Gasteiger partial charge in [-0.1, -0.05) is 6.07 Å². The molecular formula is C22H16F6N4O4S. The van der Waals surface area contributed by atoms with Gasteiger partial charge >= 0.3 is 6.18 Å². The third-order valence-electron chi connectivity index (χ3n) is 5.49. The van der Waals surface area contributed by atoms with Crippen LogP contribution in [0.5, 0.6) is 11.8 Å². The summed E-state index contributed by atoms with van der Waals surface area (Å²) in [5.74, 6) is -6.68. The van der Waals surface area contributed by atoms with E-state index in [1.54, 1.807) is 0 Å². The van der Waals surface area contributed by atoms with Crippen LogP contribution in [-0.2, 0) is 21.7 Å². The molecule has 0 saturated heterocycles. The summed E-state index contributed by atoms with van der Waals surface area (Å²) in [6, 6.07) is 4.84. The van der Waals surface area contributed by atoms with Crippen molar-refractivity contribution in [2.24, 2.45) is 0 Å². The second kappa shape index (κ2) is 8.97. The van der Waals surface area contributed by atoms with Crippen LogP contribution in [0.1, 0.15) is 40.0 Å². The summed E-state index contributed by atoms with van der Waals surface area (Å²) in [7, 11) is -3.69. The van der Waals surface area contributed by atoms with E-state index in [0.717, 1.165) is 19.2 Å². The van der Waals surface area contributed by atoms with E-state index in [1.807, 2.05) is 0 Å². The topological polar surface area (TPSA) is 111 Å². The summed E-state index contributed by atoms with van der Waals surface area (Å²) >= 11 is 0. The lowest BCUT2D eigenvalue weighted by Gasteiger charge is -2.16. The second-order valence-corrected chi connectivity index (χ2v) is 10.3. The van der Waals surface area contributed by atoms with Gasteiger partial charge in [0.25, 0.3) is 17.7 Å². The SMILES string of the molecule is Cc1c(C(F)(F)F)nnc(Oc2ncc(C3(F)CC3)c(F)c2F)c1C(=O)Nc1cccc(S(C)(=O)=O)c1. The molecule has 3 aromatic rings. The third kappa shape index (κ3) is 5.21. The van der Waals surface area contributed by atoms with Crippen LogP contribution < -0.4 is 10.1 Å². The number of hydrogen-bond acceptors (Lipinski definition) is 7. The largest absolute Gasteiger partial charge is 0.435 e. The van der Waals surface area contributed by atoms with Gasteiger partial charge in [-0.05, 0) is 43.5 Å². The van der Waals surface area contributed by atoms with Crippen LogP contribution >= 0.6 is 0 Å². The molecule has 0 atom stereocenters. The number of nitrogens with zero attached hydrogens (tertiary/aromatic N) is 3. The molecule has 1 aliphatic carbocycles. The molecule has 15 heteroatoms. The molecule has 0 radical (unpaired) electrons. The Kier molecular flexibility index (Phi) is 6.38. The molecule has 2 aromatic heterocycles. The molecular weight excluding hydrogens is 530 g/mol. The van der Waals surface area contributed by atoms with E-state index in [-0.39, 0.29) is 23.4 Å². The summed E-state index contributed by atoms with van der Waals surface area (Å²) in [5.41, 5.74) is -6.02. The quantitative estimate of drug-likeness (QED) is 0.439. The van der Waals surface area contributed by atoms with Crippen molar-refractivity contribution in [1.29, 1.82) is 0 Å². The zero-order valence-corrected chi connectivity index (χ0v) is 19.8. The van der Waals surface area contributed by atoms with Crippen LogP contribution in [-0.4, -0.2) is 35.8 Å². The molecule has 2 heterocycles. The highest BCUT2D eigenvalue weighted by molar-refractivity contribution is 7.90. The summed E-state index contributed by atoms with van der Waals surface area (Å²) in [6.07, 6.45) is -3.54. The van der Waals surface area contributed by atoms with E-state index in [0.29, 0.717) is 6.20 Å². The molecule has 0 unspecified atom stereocenters. The number of rotatable bonds is 6. The number of aromatic nitrogens is 3. The molecule has 1 N–H and O–H groups in total. The van der Waals surface area contributed by atoms with Crippen molar-refractivity contribution in [1.82, 2.24) is 15.2 Å². The first kappa shape index (κ1) is 26.3. The Bertz CT molecular complexity index is 1520. The molecule has 1 fully saturated rings. The molecule has 1 aromatic carbocycles. The van der Waals surface area contributed by atoms with Crippen LogP contribution in [0.4, 0.5) is 32.0 Å². The predicted octanol–water partition coefficient (Wildman–Crippen LogP) is 4.88. The average molecular weight is 546 g/mol. The molecule has 1 amide bonds. The highest BCUT2D eigenvalue weighted by atomic mass is 32.2. The third-order valence-corrected chi connectivity index (χ3v) is 6.60. The number of anilines is 1. The number of nitrogens with one attached hydrogen (secondary N) is 1. The molecule has 196 valence electrons. The summed E-state index contributed by atoms with van der Waals surface area (Å²) in [4.78, 5) is 16.3. The van der Waals surface area contributed by atoms with Crippen molar-refractivity contribution in [2.45, 2.75) is 36.5 Å². The van der Waals surface area contributed by atoms with Gasteiger partial charge < -0.3 is 10.1 Å². The Balaban J connectivity index is 1.76. The van der Waals surface area contributed by atoms with Crippen molar-refractivity contribution < 1.29 is 44.3 Å². The monoisotopic (exact) mass is 546 g/mol. The fraction of sp³-hybridized carbons (Fsp3) is 0.273. The van der Waals surface area contributed by atoms with E-state index in [9.17, 15) is 39.6 Å². The Hall–Kier alpha value is -3.75. The summed E-state index contributed by atoms with van der Waals surface area (Å²) in [5, 5.41) is 8.44. The Morgan fingerprint density at radius 2 is 1.78 bits per heavy atom. The zero-order chi connectivity index (χ0) is 27.3. The van der Waals surface area contributed by atoms with E-state index >= 15 is 0 Å². The van der Waals surface area contributed by atoms with Gasteiger partial charge in [-0.3, -0.25) is 4.79 Å². The van der Waals surface area contributed by atoms with Crippen molar-refractivity contribution in [3.05, 3.63) is 64.5 Å². The number of sulfone groups is 1. The van der Waals surface area contributed by atoms with Gasteiger partial charge in [0.15, 0.2) is 21.3 Å².